The number of hydrogen-bond acceptors (Lipinski definition) is 2. The van der Waals surface area contributed by atoms with E-state index in [0.717, 1.165) is 43.0 Å². The third-order valence-electron chi connectivity index (χ3n) is 5.63. The number of rotatable bonds is 7. The first-order valence-corrected chi connectivity index (χ1v) is 10.8. The van der Waals surface area contributed by atoms with Crippen LogP contribution in [-0.2, 0) is 16.9 Å². The molecule has 1 unspecified atom stereocenters. The van der Waals surface area contributed by atoms with Crippen LogP contribution in [0.5, 0.6) is 0 Å². The molecule has 3 aromatic rings. The average molecular weight is 401 g/mol. The first kappa shape index (κ1) is 20.3. The van der Waals surface area contributed by atoms with Crippen LogP contribution in [0.25, 0.3) is 10.9 Å². The summed E-state index contributed by atoms with van der Waals surface area (Å²) in [6.45, 7) is 4.49. The molecule has 30 heavy (non-hydrogen) atoms. The van der Waals surface area contributed by atoms with E-state index >= 15 is 0 Å². The van der Waals surface area contributed by atoms with Crippen LogP contribution in [0.3, 0.4) is 0 Å². The normalized spacial score (nSPS) is 17.8. The molecule has 4 rings (SSSR count). The zero-order valence-electron chi connectivity index (χ0n) is 17.7. The molecule has 0 radical (unpaired) electrons. The van der Waals surface area contributed by atoms with Crippen LogP contribution in [0.4, 0.5) is 0 Å². The standard InChI is InChI=1S/C26H28N2O2/c1-3-5-18-26(19-12-11-15-21-13-7-6-8-14-21)27-23-17-10-9-16-22(23)20-24(27)25(29)28(26)30-4-2/h6-10,13-14,16-17,20H,3-5,11,15,18H2,1-2H3. The van der Waals surface area contributed by atoms with E-state index in [1.54, 1.807) is 0 Å². The molecule has 1 amide bonds. The maximum absolute atomic E-state index is 13.3. The third kappa shape index (κ3) is 3.51. The molecule has 0 fully saturated rings. The molecular weight excluding hydrogens is 372 g/mol. The predicted molar refractivity (Wildman–Crippen MR) is 120 cm³/mol. The van der Waals surface area contributed by atoms with Gasteiger partial charge in [-0.2, -0.15) is 5.06 Å². The lowest BCUT2D eigenvalue weighted by atomic mass is 10.0. The maximum atomic E-state index is 13.3. The number of carbonyl (C=O) groups is 1. The van der Waals surface area contributed by atoms with Crippen LogP contribution >= 0.6 is 0 Å². The summed E-state index contributed by atoms with van der Waals surface area (Å²) in [6.07, 6.45) is 4.34. The van der Waals surface area contributed by atoms with Crippen molar-refractivity contribution >= 4 is 16.8 Å². The largest absolute Gasteiger partial charge is 0.300 e. The quantitative estimate of drug-likeness (QED) is 0.489. The molecule has 1 aromatic heterocycles. The number of para-hydroxylation sites is 1. The fourth-order valence-electron chi connectivity index (χ4n) is 4.23. The number of aromatic nitrogens is 1. The Labute approximate surface area is 178 Å². The van der Waals surface area contributed by atoms with Gasteiger partial charge < -0.3 is 0 Å². The van der Waals surface area contributed by atoms with Gasteiger partial charge in [-0.1, -0.05) is 67.8 Å². The van der Waals surface area contributed by atoms with Crippen molar-refractivity contribution in [2.24, 2.45) is 0 Å². The van der Waals surface area contributed by atoms with Gasteiger partial charge in [0.1, 0.15) is 5.69 Å². The monoisotopic (exact) mass is 400 g/mol. The van der Waals surface area contributed by atoms with Crippen molar-refractivity contribution in [2.45, 2.75) is 51.6 Å². The summed E-state index contributed by atoms with van der Waals surface area (Å²) in [5, 5.41) is 2.59. The van der Waals surface area contributed by atoms with E-state index in [2.05, 4.69) is 53.7 Å². The summed E-state index contributed by atoms with van der Waals surface area (Å²) < 4.78 is 2.10. The van der Waals surface area contributed by atoms with Crippen LogP contribution in [-0.4, -0.2) is 22.1 Å². The number of aryl methyl sites for hydroxylation is 1. The molecule has 0 spiro atoms. The number of carbonyl (C=O) groups excluding carboxylic acids is 1. The fourth-order valence-corrected chi connectivity index (χ4v) is 4.23. The van der Waals surface area contributed by atoms with Gasteiger partial charge in [0, 0.05) is 18.2 Å². The highest BCUT2D eigenvalue weighted by atomic mass is 16.7. The molecule has 154 valence electrons. The second-order valence-corrected chi connectivity index (χ2v) is 7.65. The number of nitrogens with zero attached hydrogens (tertiary/aromatic N) is 2. The van der Waals surface area contributed by atoms with Crippen LogP contribution in [0, 0.1) is 11.8 Å². The molecule has 2 aromatic carbocycles. The number of hydrogen-bond donors (Lipinski definition) is 0. The Morgan fingerprint density at radius 2 is 1.80 bits per heavy atom. The molecule has 0 bridgehead atoms. The van der Waals surface area contributed by atoms with Gasteiger partial charge in [-0.3, -0.25) is 14.2 Å². The van der Waals surface area contributed by atoms with Crippen LogP contribution in [0.15, 0.2) is 60.7 Å². The minimum Gasteiger partial charge on any atom is -0.300 e. The van der Waals surface area contributed by atoms with Crippen LogP contribution in [0.2, 0.25) is 0 Å². The van der Waals surface area contributed by atoms with Crippen molar-refractivity contribution in [1.29, 1.82) is 0 Å². The van der Waals surface area contributed by atoms with Crippen molar-refractivity contribution in [3.63, 3.8) is 0 Å². The SMILES string of the molecule is CCCCC1(C#CCCc2ccccc2)N(OCC)C(=O)c2cc3ccccc3n21. The Hall–Kier alpha value is -3.03. The molecule has 1 atom stereocenters. The van der Waals surface area contributed by atoms with E-state index in [4.69, 9.17) is 4.84 Å². The average Bonchev–Trinajstić information content (AvgIpc) is 3.27. The van der Waals surface area contributed by atoms with Gasteiger partial charge in [-0.05, 0) is 43.4 Å². The van der Waals surface area contributed by atoms with Gasteiger partial charge in [0.05, 0.1) is 12.1 Å². The molecule has 1 aliphatic heterocycles. The van der Waals surface area contributed by atoms with Crippen molar-refractivity contribution in [3.05, 3.63) is 71.9 Å². The molecule has 0 saturated heterocycles. The summed E-state index contributed by atoms with van der Waals surface area (Å²) in [7, 11) is 0. The lowest BCUT2D eigenvalue weighted by Crippen LogP contribution is -2.46. The second-order valence-electron chi connectivity index (χ2n) is 7.65. The van der Waals surface area contributed by atoms with Gasteiger partial charge >= 0.3 is 0 Å². The fraction of sp³-hybridized carbons (Fsp3) is 0.346. The molecule has 1 aliphatic rings. The summed E-state index contributed by atoms with van der Waals surface area (Å²) in [5.74, 6) is 6.77. The minimum atomic E-state index is -0.807. The third-order valence-corrected chi connectivity index (χ3v) is 5.63. The Morgan fingerprint density at radius 3 is 2.57 bits per heavy atom. The lowest BCUT2D eigenvalue weighted by molar-refractivity contribution is -0.179. The number of fused-ring (bicyclic) bond motifs is 3. The van der Waals surface area contributed by atoms with Crippen molar-refractivity contribution in [3.8, 4) is 11.8 Å². The van der Waals surface area contributed by atoms with Gasteiger partial charge in [0.2, 0.25) is 5.66 Å². The van der Waals surface area contributed by atoms with E-state index in [0.29, 0.717) is 12.3 Å². The summed E-state index contributed by atoms with van der Waals surface area (Å²) in [4.78, 5) is 19.2. The van der Waals surface area contributed by atoms with Gasteiger partial charge in [-0.25, -0.2) is 0 Å². The molecular formula is C26H28N2O2. The van der Waals surface area contributed by atoms with Crippen molar-refractivity contribution in [1.82, 2.24) is 9.63 Å². The minimum absolute atomic E-state index is 0.110. The lowest BCUT2D eigenvalue weighted by Gasteiger charge is -2.34. The zero-order chi connectivity index (χ0) is 21.0. The topological polar surface area (TPSA) is 34.5 Å². The molecule has 0 saturated carbocycles. The summed E-state index contributed by atoms with van der Waals surface area (Å²) in [6, 6.07) is 20.5. The first-order valence-electron chi connectivity index (χ1n) is 10.8. The molecule has 2 heterocycles. The van der Waals surface area contributed by atoms with Crippen molar-refractivity contribution < 1.29 is 9.63 Å². The molecule has 0 N–H and O–H groups in total. The highest BCUT2D eigenvalue weighted by molar-refractivity contribution is 6.01. The number of unbranched alkanes of at least 4 members (excludes halogenated alkanes) is 1. The molecule has 4 heteroatoms. The Morgan fingerprint density at radius 1 is 1.03 bits per heavy atom. The van der Waals surface area contributed by atoms with E-state index in [-0.39, 0.29) is 5.91 Å². The Bertz CT molecular complexity index is 1090. The molecule has 0 aliphatic carbocycles. The Balaban J connectivity index is 1.77. The smallest absolute Gasteiger partial charge is 0.297 e. The van der Waals surface area contributed by atoms with Gasteiger partial charge in [-0.15, -0.1) is 0 Å². The predicted octanol–water partition coefficient (Wildman–Crippen LogP) is 5.53. The van der Waals surface area contributed by atoms with Gasteiger partial charge in [0.25, 0.3) is 5.91 Å². The van der Waals surface area contributed by atoms with E-state index in [1.807, 2.05) is 37.3 Å². The van der Waals surface area contributed by atoms with Gasteiger partial charge in [0.15, 0.2) is 0 Å². The van der Waals surface area contributed by atoms with E-state index in [9.17, 15) is 4.79 Å². The highest BCUT2D eigenvalue weighted by Gasteiger charge is 2.50. The number of benzene rings is 2. The van der Waals surface area contributed by atoms with Crippen LogP contribution in [0.1, 0.15) is 55.6 Å². The highest BCUT2D eigenvalue weighted by Crippen LogP contribution is 2.41. The van der Waals surface area contributed by atoms with Crippen molar-refractivity contribution in [2.75, 3.05) is 6.61 Å². The summed E-state index contributed by atoms with van der Waals surface area (Å²) >= 11 is 0. The van der Waals surface area contributed by atoms with E-state index in [1.165, 1.54) is 10.6 Å². The Kier molecular flexibility index (Phi) is 5.92. The van der Waals surface area contributed by atoms with Crippen LogP contribution < -0.4 is 0 Å². The zero-order valence-corrected chi connectivity index (χ0v) is 17.7. The first-order chi connectivity index (χ1) is 14.7. The number of hydroxylamine groups is 2. The second kappa shape index (κ2) is 8.77. The number of amides is 1. The van der Waals surface area contributed by atoms with E-state index < -0.39 is 5.66 Å². The molecule has 4 nitrogen and oxygen atoms in total. The maximum Gasteiger partial charge on any atom is 0.297 e. The summed E-state index contributed by atoms with van der Waals surface area (Å²) in [5.41, 5.74) is 2.14.